The molecule has 0 spiro atoms. The minimum absolute atomic E-state index is 0.0258. The number of hydrogen-bond donors (Lipinski definition) is 0. The topological polar surface area (TPSA) is 29.5 Å². The molecule has 0 aromatic heterocycles. The average Bonchev–Trinajstić information content (AvgIpc) is 2.53. The van der Waals surface area contributed by atoms with Crippen molar-refractivity contribution in [1.82, 2.24) is 0 Å². The Morgan fingerprint density at radius 2 is 2.14 bits per heavy atom. The van der Waals surface area contributed by atoms with Gasteiger partial charge in [0, 0.05) is 22.2 Å². The van der Waals surface area contributed by atoms with E-state index in [9.17, 15) is 4.79 Å². The summed E-state index contributed by atoms with van der Waals surface area (Å²) in [5.74, 6) is 1.57. The highest BCUT2D eigenvalue weighted by Gasteiger charge is 2.22. The summed E-state index contributed by atoms with van der Waals surface area (Å²) in [5.41, 5.74) is 1.90. The number of amides is 1. The Labute approximate surface area is 139 Å². The highest BCUT2D eigenvalue weighted by molar-refractivity contribution is 7.99. The van der Waals surface area contributed by atoms with Gasteiger partial charge in [0.15, 0.2) is 6.61 Å². The summed E-state index contributed by atoms with van der Waals surface area (Å²) >= 11 is 7.70. The summed E-state index contributed by atoms with van der Waals surface area (Å²) < 4.78 is 5.67. The minimum atomic E-state index is -0.0258. The average molecular weight is 334 g/mol. The number of benzene rings is 2. The largest absolute Gasteiger partial charge is 0.483 e. The predicted molar refractivity (Wildman–Crippen MR) is 91.2 cm³/mol. The van der Waals surface area contributed by atoms with Crippen molar-refractivity contribution in [3.05, 3.63) is 53.1 Å². The molecule has 114 valence electrons. The highest BCUT2D eigenvalue weighted by Crippen LogP contribution is 2.34. The molecule has 3 rings (SSSR count). The van der Waals surface area contributed by atoms with E-state index < -0.39 is 0 Å². The van der Waals surface area contributed by atoms with E-state index in [0.29, 0.717) is 17.3 Å². The molecular weight excluding hydrogens is 318 g/mol. The molecule has 22 heavy (non-hydrogen) atoms. The van der Waals surface area contributed by atoms with Crippen LogP contribution in [0.5, 0.6) is 5.75 Å². The number of anilines is 1. The first-order valence-electron chi connectivity index (χ1n) is 7.06. The number of ether oxygens (including phenoxy) is 1. The van der Waals surface area contributed by atoms with E-state index in [0.717, 1.165) is 21.9 Å². The molecule has 0 bridgehead atoms. The molecule has 0 unspecified atom stereocenters. The summed E-state index contributed by atoms with van der Waals surface area (Å²) in [7, 11) is 0. The fraction of sp³-hybridized carbons (Fsp3) is 0.235. The van der Waals surface area contributed by atoms with Crippen LogP contribution in [-0.4, -0.2) is 24.8 Å². The standard InChI is InChI=1S/C17H16ClNO2S/c1-12-10-13(18)6-7-15(12)21-11-17(20)19-8-9-22-16-5-3-2-4-14(16)19/h2-7,10H,8-9,11H2,1H3. The smallest absolute Gasteiger partial charge is 0.264 e. The Balaban J connectivity index is 1.70. The van der Waals surface area contributed by atoms with Crippen LogP contribution in [0.3, 0.4) is 0 Å². The zero-order chi connectivity index (χ0) is 15.5. The van der Waals surface area contributed by atoms with Gasteiger partial charge in [-0.3, -0.25) is 4.79 Å². The number of aryl methyl sites for hydroxylation is 1. The monoisotopic (exact) mass is 333 g/mol. The zero-order valence-electron chi connectivity index (χ0n) is 12.2. The van der Waals surface area contributed by atoms with Gasteiger partial charge in [-0.15, -0.1) is 11.8 Å². The Bertz CT molecular complexity index is 705. The fourth-order valence-electron chi connectivity index (χ4n) is 2.42. The molecule has 5 heteroatoms. The molecule has 1 heterocycles. The fourth-order valence-corrected chi connectivity index (χ4v) is 3.64. The van der Waals surface area contributed by atoms with Gasteiger partial charge in [-0.05, 0) is 42.8 Å². The molecule has 1 aliphatic heterocycles. The van der Waals surface area contributed by atoms with E-state index in [1.165, 1.54) is 0 Å². The van der Waals surface area contributed by atoms with Crippen molar-refractivity contribution >= 4 is 35.0 Å². The minimum Gasteiger partial charge on any atom is -0.483 e. The molecule has 3 nitrogen and oxygen atoms in total. The van der Waals surface area contributed by atoms with Crippen molar-refractivity contribution in [2.45, 2.75) is 11.8 Å². The number of rotatable bonds is 3. The van der Waals surface area contributed by atoms with Gasteiger partial charge in [0.25, 0.3) is 5.91 Å². The van der Waals surface area contributed by atoms with Gasteiger partial charge >= 0.3 is 0 Å². The van der Waals surface area contributed by atoms with Crippen molar-refractivity contribution < 1.29 is 9.53 Å². The molecule has 2 aromatic rings. The van der Waals surface area contributed by atoms with Crippen LogP contribution in [0.2, 0.25) is 5.02 Å². The molecule has 0 atom stereocenters. The van der Waals surface area contributed by atoms with Crippen molar-refractivity contribution in [2.24, 2.45) is 0 Å². The summed E-state index contributed by atoms with van der Waals surface area (Å²) in [6.07, 6.45) is 0. The van der Waals surface area contributed by atoms with Crippen LogP contribution in [-0.2, 0) is 4.79 Å². The number of carbonyl (C=O) groups is 1. The van der Waals surface area contributed by atoms with Crippen molar-refractivity contribution in [1.29, 1.82) is 0 Å². The molecule has 1 amide bonds. The van der Waals surface area contributed by atoms with Crippen molar-refractivity contribution in [2.75, 3.05) is 23.8 Å². The summed E-state index contributed by atoms with van der Waals surface area (Å²) in [5, 5.41) is 0.665. The number of hydrogen-bond acceptors (Lipinski definition) is 3. The Morgan fingerprint density at radius 1 is 1.32 bits per heavy atom. The zero-order valence-corrected chi connectivity index (χ0v) is 13.8. The van der Waals surface area contributed by atoms with Crippen molar-refractivity contribution in [3.63, 3.8) is 0 Å². The molecule has 2 aromatic carbocycles. The van der Waals surface area contributed by atoms with E-state index in [1.54, 1.807) is 28.8 Å². The lowest BCUT2D eigenvalue weighted by Crippen LogP contribution is -2.38. The quantitative estimate of drug-likeness (QED) is 0.844. The Hall–Kier alpha value is -1.65. The van der Waals surface area contributed by atoms with Gasteiger partial charge in [-0.25, -0.2) is 0 Å². The van der Waals surface area contributed by atoms with E-state index in [2.05, 4.69) is 0 Å². The van der Waals surface area contributed by atoms with Crippen molar-refractivity contribution in [3.8, 4) is 5.75 Å². The molecule has 0 fully saturated rings. The van der Waals surface area contributed by atoms with Gasteiger partial charge in [-0.1, -0.05) is 23.7 Å². The van der Waals surface area contributed by atoms with E-state index >= 15 is 0 Å². The van der Waals surface area contributed by atoms with Crippen LogP contribution in [0.25, 0.3) is 0 Å². The van der Waals surface area contributed by atoms with Gasteiger partial charge < -0.3 is 9.64 Å². The Kier molecular flexibility index (Phi) is 4.60. The number of para-hydroxylation sites is 1. The van der Waals surface area contributed by atoms with Crippen LogP contribution in [0.4, 0.5) is 5.69 Å². The second kappa shape index (κ2) is 6.63. The maximum Gasteiger partial charge on any atom is 0.264 e. The van der Waals surface area contributed by atoms with E-state index in [1.807, 2.05) is 37.3 Å². The molecule has 0 N–H and O–H groups in total. The predicted octanol–water partition coefficient (Wildman–Crippen LogP) is 4.17. The Morgan fingerprint density at radius 3 is 2.95 bits per heavy atom. The number of fused-ring (bicyclic) bond motifs is 1. The summed E-state index contributed by atoms with van der Waals surface area (Å²) in [6.45, 7) is 2.66. The lowest BCUT2D eigenvalue weighted by Gasteiger charge is -2.29. The number of thioether (sulfide) groups is 1. The van der Waals surface area contributed by atoms with Gasteiger partial charge in [0.1, 0.15) is 5.75 Å². The number of nitrogens with zero attached hydrogens (tertiary/aromatic N) is 1. The third kappa shape index (κ3) is 3.23. The molecule has 0 radical (unpaired) electrons. The van der Waals surface area contributed by atoms with Crippen LogP contribution in [0, 0.1) is 6.92 Å². The van der Waals surface area contributed by atoms with Crippen LogP contribution in [0.1, 0.15) is 5.56 Å². The van der Waals surface area contributed by atoms with Crippen LogP contribution >= 0.6 is 23.4 Å². The second-order valence-corrected chi connectivity index (χ2v) is 6.63. The molecular formula is C17H16ClNO2S. The second-order valence-electron chi connectivity index (χ2n) is 5.06. The highest BCUT2D eigenvalue weighted by atomic mass is 35.5. The first-order chi connectivity index (χ1) is 10.6. The normalized spacial score (nSPS) is 13.6. The van der Waals surface area contributed by atoms with E-state index in [4.69, 9.17) is 16.3 Å². The molecule has 0 saturated heterocycles. The van der Waals surface area contributed by atoms with Gasteiger partial charge in [0.05, 0.1) is 5.69 Å². The lowest BCUT2D eigenvalue weighted by molar-refractivity contribution is -0.120. The third-order valence-corrected chi connectivity index (χ3v) is 4.80. The van der Waals surface area contributed by atoms with Crippen LogP contribution in [0.15, 0.2) is 47.4 Å². The third-order valence-electron chi connectivity index (χ3n) is 3.52. The van der Waals surface area contributed by atoms with Gasteiger partial charge in [-0.2, -0.15) is 0 Å². The molecule has 1 aliphatic rings. The van der Waals surface area contributed by atoms with Crippen LogP contribution < -0.4 is 9.64 Å². The summed E-state index contributed by atoms with van der Waals surface area (Å²) in [4.78, 5) is 15.4. The first kappa shape index (κ1) is 15.3. The first-order valence-corrected chi connectivity index (χ1v) is 8.42. The maximum absolute atomic E-state index is 12.5. The maximum atomic E-state index is 12.5. The lowest BCUT2D eigenvalue weighted by atomic mass is 10.2. The molecule has 0 saturated carbocycles. The number of halogens is 1. The summed E-state index contributed by atoms with van der Waals surface area (Å²) in [6, 6.07) is 13.4. The molecule has 0 aliphatic carbocycles. The number of carbonyl (C=O) groups excluding carboxylic acids is 1. The van der Waals surface area contributed by atoms with E-state index in [-0.39, 0.29) is 12.5 Å². The van der Waals surface area contributed by atoms with Gasteiger partial charge in [0.2, 0.25) is 0 Å². The SMILES string of the molecule is Cc1cc(Cl)ccc1OCC(=O)N1CCSc2ccccc21.